The Labute approximate surface area is 473 Å². The van der Waals surface area contributed by atoms with Crippen LogP contribution in [-0.2, 0) is 78.8 Å². The molecule has 0 aliphatic heterocycles. The SMILES string of the molecule is COC(=O)C(C)C(=O)c1cnccn1.COC(=O)C(C)C(=O)c1cnccn1.COC(=O)c1cnccn1.COC(=O)c1cnccn1.Cc1c(-c2cnccn2)ssc1=S.O=C(O)c1cnccn1.S=PP=S=S=S=S. The third-order valence-electron chi connectivity index (χ3n) is 7.99. The molecule has 7 heterocycles. The third kappa shape index (κ3) is 27.7. The molecule has 0 spiro atoms. The molecule has 0 aliphatic carbocycles. The number of methoxy groups -OCH3 is 4. The van der Waals surface area contributed by atoms with Crippen molar-refractivity contribution in [2.24, 2.45) is 11.8 Å². The van der Waals surface area contributed by atoms with Gasteiger partial charge in [-0.05, 0) is 76.6 Å². The lowest BCUT2D eigenvalue weighted by atomic mass is 10.0. The summed E-state index contributed by atoms with van der Waals surface area (Å²) < 4.78 is 18.6. The van der Waals surface area contributed by atoms with Gasteiger partial charge in [0, 0.05) is 88.5 Å². The van der Waals surface area contributed by atoms with Gasteiger partial charge in [0.15, 0.2) is 28.6 Å². The van der Waals surface area contributed by atoms with Crippen molar-refractivity contribution in [2.75, 3.05) is 28.4 Å². The molecule has 2 unspecified atom stereocenters. The van der Waals surface area contributed by atoms with Crippen molar-refractivity contribution in [3.63, 3.8) is 0 Å². The summed E-state index contributed by atoms with van der Waals surface area (Å²) in [4.78, 5) is 123. The number of carboxylic acids is 1. The summed E-state index contributed by atoms with van der Waals surface area (Å²) >= 11 is 14.4. The second kappa shape index (κ2) is 41.3. The number of aromatic carboxylic acids is 1. The Kier molecular flexibility index (Phi) is 36.6. The van der Waals surface area contributed by atoms with Gasteiger partial charge < -0.3 is 24.1 Å². The minimum atomic E-state index is -1.05. The van der Waals surface area contributed by atoms with Gasteiger partial charge in [-0.3, -0.25) is 54.1 Å². The highest BCUT2D eigenvalue weighted by atomic mass is 33.3. The molecule has 0 aromatic carbocycles. The molecule has 2 atom stereocenters. The maximum atomic E-state index is 11.5. The number of ketones is 2. The molecule has 0 amide bonds. The number of aromatic nitrogens is 12. The normalized spacial score (nSPS) is 10.2. The van der Waals surface area contributed by atoms with E-state index in [2.05, 4.69) is 102 Å². The Balaban J connectivity index is 0.000000454. The van der Waals surface area contributed by atoms with Crippen LogP contribution >= 0.6 is 47.0 Å². The van der Waals surface area contributed by atoms with Crippen LogP contribution in [0.4, 0.5) is 0 Å². The highest BCUT2D eigenvalue weighted by Crippen LogP contribution is 2.32. The molecule has 0 aliphatic rings. The Morgan fingerprint density at radius 1 is 0.545 bits per heavy atom. The minimum Gasteiger partial charge on any atom is -0.476 e. The van der Waals surface area contributed by atoms with E-state index >= 15 is 0 Å². The molecule has 0 bridgehead atoms. The highest BCUT2D eigenvalue weighted by Gasteiger charge is 2.25. The van der Waals surface area contributed by atoms with Gasteiger partial charge in [-0.2, -0.15) is 0 Å². The van der Waals surface area contributed by atoms with E-state index in [4.69, 9.17) is 17.3 Å². The van der Waals surface area contributed by atoms with Crippen molar-refractivity contribution >= 4 is 139 Å². The fraction of sp³-hybridized carbons (Fsp3) is 0.209. The number of carbonyl (C=O) groups excluding carboxylic acids is 6. The van der Waals surface area contributed by atoms with E-state index in [1.54, 1.807) is 57.7 Å². The van der Waals surface area contributed by atoms with Gasteiger partial charge in [0.25, 0.3) is 0 Å². The molecule has 77 heavy (non-hydrogen) atoms. The number of rotatable bonds is 11. The maximum absolute atomic E-state index is 11.5. The molecule has 0 saturated heterocycles. The van der Waals surface area contributed by atoms with Crippen LogP contribution < -0.4 is 0 Å². The molecule has 34 heteroatoms. The first-order valence-corrected chi connectivity index (χ1v) is 31.6. The number of hydrogen-bond acceptors (Lipinski definition) is 28. The van der Waals surface area contributed by atoms with Crippen LogP contribution in [0, 0.1) is 22.6 Å². The van der Waals surface area contributed by atoms with Crippen LogP contribution in [0.2, 0.25) is 0 Å². The first-order chi connectivity index (χ1) is 37.0. The predicted molar refractivity (Wildman–Crippen MR) is 300 cm³/mol. The quantitative estimate of drug-likeness (QED) is 0.0269. The number of hydrogen-bond donors (Lipinski definition) is 1. The maximum Gasteiger partial charge on any atom is 0.358 e. The fourth-order valence-corrected chi connectivity index (χ4v) is 16.7. The van der Waals surface area contributed by atoms with E-state index in [1.807, 2.05) is 6.92 Å². The van der Waals surface area contributed by atoms with Crippen molar-refractivity contribution in [1.82, 2.24) is 59.8 Å². The molecule has 7 aromatic rings. The van der Waals surface area contributed by atoms with Crippen LogP contribution in [0.1, 0.15) is 71.9 Å². The summed E-state index contributed by atoms with van der Waals surface area (Å²) in [7, 11) is 15.2. The van der Waals surface area contributed by atoms with Crippen LogP contribution in [0.5, 0.6) is 0 Å². The zero-order valence-corrected chi connectivity index (χ0v) is 49.3. The van der Waals surface area contributed by atoms with Crippen molar-refractivity contribution in [3.8, 4) is 10.6 Å². The van der Waals surface area contributed by atoms with Gasteiger partial charge in [0.05, 0.1) is 76.2 Å². The number of esters is 4. The second-order valence-electron chi connectivity index (χ2n) is 12.8. The van der Waals surface area contributed by atoms with Gasteiger partial charge in [0.1, 0.15) is 27.0 Å². The summed E-state index contributed by atoms with van der Waals surface area (Å²) in [6.45, 7) is 4.98. The van der Waals surface area contributed by atoms with E-state index in [9.17, 15) is 33.6 Å². The molecule has 0 saturated carbocycles. The number of nitrogens with zero attached hydrogens (tertiary/aromatic N) is 12. The van der Waals surface area contributed by atoms with Crippen molar-refractivity contribution in [2.45, 2.75) is 20.8 Å². The molecular weight excluding hydrogens is 1200 g/mol. The fourth-order valence-electron chi connectivity index (χ4n) is 4.28. The van der Waals surface area contributed by atoms with Crippen LogP contribution in [0.25, 0.3) is 10.6 Å². The zero-order valence-electron chi connectivity index (χ0n) is 41.0. The summed E-state index contributed by atoms with van der Waals surface area (Å²) in [6.07, 6.45) is 26.0. The Morgan fingerprint density at radius 3 is 1.17 bits per heavy atom. The monoisotopic (exact) mass is 1240 g/mol. The Morgan fingerprint density at radius 2 is 0.909 bits per heavy atom. The number of carbonyl (C=O) groups is 7. The van der Waals surface area contributed by atoms with E-state index < -0.39 is 41.7 Å². The average molecular weight is 1240 g/mol. The van der Waals surface area contributed by atoms with Gasteiger partial charge >= 0.3 is 29.8 Å². The molecule has 7 rings (SSSR count). The van der Waals surface area contributed by atoms with E-state index in [0.29, 0.717) is 0 Å². The lowest BCUT2D eigenvalue weighted by Gasteiger charge is -2.06. The van der Waals surface area contributed by atoms with Crippen LogP contribution in [0.15, 0.2) is 112 Å². The van der Waals surface area contributed by atoms with Gasteiger partial charge in [-0.25, -0.2) is 39.3 Å². The molecule has 0 fully saturated rings. The number of Topliss-reactive ketones (excluding diaryl/α,β-unsaturated/α-hetero) is 2. The zero-order chi connectivity index (χ0) is 57.4. The molecule has 0 radical (unpaired) electrons. The standard InChI is InChI=1S/2C9H10N2O3.C8H6N2S3.2C6H6N2O2.C5H4N2O2.P2S5/c2*1-6(9(13)14-2)8(12)7-5-10-3-4-11-7;1-5-7(12-13-8(5)11)6-4-9-2-3-10-6;2*1-10-6(9)5-4-7-2-3-8-5;8-5(9)4-3-6-1-2-7-4;3-1-2-5-7-6-4/h2*3-6H,1-2H3;2-4H,1H3;2*2-4H,1H3;1-3H,(H,8,9);. The molecule has 7 aromatic heterocycles. The van der Waals surface area contributed by atoms with E-state index in [1.165, 1.54) is 151 Å². The van der Waals surface area contributed by atoms with Crippen LogP contribution in [0.3, 0.4) is 0 Å². The van der Waals surface area contributed by atoms with Crippen molar-refractivity contribution in [3.05, 3.63) is 149 Å². The molecular formula is C43H42N12O12P2S8. The predicted octanol–water partition coefficient (Wildman–Crippen LogP) is 6.65. The lowest BCUT2D eigenvalue weighted by Crippen LogP contribution is -2.23. The average Bonchev–Trinajstić information content (AvgIpc) is 3.84. The Bertz CT molecular complexity index is 3030. The summed E-state index contributed by atoms with van der Waals surface area (Å²) in [5.74, 6) is -5.56. The third-order valence-corrected chi connectivity index (χ3v) is 21.3. The Hall–Kier alpha value is -6.86. The molecule has 1 N–H and O–H groups in total. The first-order valence-electron chi connectivity index (χ1n) is 20.5. The summed E-state index contributed by atoms with van der Waals surface area (Å²) in [5.41, 5.74) is 2.83. The van der Waals surface area contributed by atoms with Crippen molar-refractivity contribution in [1.29, 1.82) is 0 Å². The van der Waals surface area contributed by atoms with Crippen molar-refractivity contribution < 1.29 is 57.6 Å². The van der Waals surface area contributed by atoms with Gasteiger partial charge in [0.2, 0.25) is 0 Å². The molecule has 404 valence electrons. The first kappa shape index (κ1) is 68.2. The van der Waals surface area contributed by atoms with Crippen LogP contribution in [-0.4, -0.2) is 135 Å². The van der Waals surface area contributed by atoms with Gasteiger partial charge in [-0.1, -0.05) is 32.9 Å². The van der Waals surface area contributed by atoms with E-state index in [-0.39, 0.29) is 40.0 Å². The summed E-state index contributed by atoms with van der Waals surface area (Å²) in [5, 5.41) is 8.28. The topological polar surface area (TPSA) is 331 Å². The highest BCUT2D eigenvalue weighted by molar-refractivity contribution is 8.63. The molecule has 24 nitrogen and oxygen atoms in total. The van der Waals surface area contributed by atoms with Gasteiger partial charge in [-0.15, -0.1) is 0 Å². The largest absolute Gasteiger partial charge is 0.476 e. The summed E-state index contributed by atoms with van der Waals surface area (Å²) in [6, 6.07) is 0. The van der Waals surface area contributed by atoms with E-state index in [0.717, 1.165) is 27.0 Å². The minimum absolute atomic E-state index is 0.0301. The lowest BCUT2D eigenvalue weighted by molar-refractivity contribution is -0.144. The second-order valence-corrected chi connectivity index (χ2v) is 25.4. The number of carboxylic acid groups (broad SMARTS) is 1. The smallest absolute Gasteiger partial charge is 0.358 e. The number of ether oxygens (including phenoxy) is 4.